The summed E-state index contributed by atoms with van der Waals surface area (Å²) in [7, 11) is 0. The SMILES string of the molecule is CC(C)CN.Cc1cc(C)c(-c2cccc(Br)n2)c(C)c1.Cc1cc(C)c(-c2cccc(CCC(C)C)n2)c(C)c1. The normalized spacial score (nSPS) is 10.7. The average Bonchev–Trinajstić information content (AvgIpc) is 2.87. The number of hydrogen-bond acceptors (Lipinski definition) is 3. The molecule has 220 valence electrons. The molecule has 2 heterocycles. The fourth-order valence-electron chi connectivity index (χ4n) is 4.91. The largest absolute Gasteiger partial charge is 0.330 e. The van der Waals surface area contributed by atoms with E-state index in [0.717, 1.165) is 34.9 Å². The molecule has 3 nitrogen and oxygen atoms in total. The molecule has 0 aliphatic rings. The second-order valence-corrected chi connectivity index (χ2v) is 12.8. The minimum Gasteiger partial charge on any atom is -0.330 e. The molecular weight excluding hydrogens is 566 g/mol. The molecule has 0 amide bonds. The van der Waals surface area contributed by atoms with Gasteiger partial charge in [0.15, 0.2) is 0 Å². The second kappa shape index (κ2) is 16.6. The van der Waals surface area contributed by atoms with Crippen molar-refractivity contribution < 1.29 is 0 Å². The predicted octanol–water partition coefficient (Wildman–Crippen LogP) is 10.3. The van der Waals surface area contributed by atoms with E-state index in [1.807, 2.05) is 12.1 Å². The van der Waals surface area contributed by atoms with E-state index in [9.17, 15) is 0 Å². The van der Waals surface area contributed by atoms with E-state index < -0.39 is 0 Å². The van der Waals surface area contributed by atoms with Crippen LogP contribution in [0.25, 0.3) is 22.5 Å². The van der Waals surface area contributed by atoms with Gasteiger partial charge in [0.25, 0.3) is 0 Å². The number of rotatable bonds is 6. The van der Waals surface area contributed by atoms with Gasteiger partial charge in [-0.05, 0) is 135 Å². The Bertz CT molecular complexity index is 1360. The van der Waals surface area contributed by atoms with E-state index in [-0.39, 0.29) is 0 Å². The summed E-state index contributed by atoms with van der Waals surface area (Å²) < 4.78 is 0.879. The summed E-state index contributed by atoms with van der Waals surface area (Å²) in [6.45, 7) is 22.4. The van der Waals surface area contributed by atoms with E-state index in [2.05, 4.69) is 139 Å². The van der Waals surface area contributed by atoms with Crippen molar-refractivity contribution in [3.63, 3.8) is 0 Å². The average molecular weight is 617 g/mol. The van der Waals surface area contributed by atoms with Crippen molar-refractivity contribution in [1.82, 2.24) is 9.97 Å². The molecule has 0 saturated carbocycles. The Morgan fingerprint density at radius 3 is 1.44 bits per heavy atom. The van der Waals surface area contributed by atoms with E-state index >= 15 is 0 Å². The van der Waals surface area contributed by atoms with E-state index in [1.54, 1.807) is 0 Å². The first kappa shape index (κ1) is 34.4. The summed E-state index contributed by atoms with van der Waals surface area (Å²) in [5, 5.41) is 0. The van der Waals surface area contributed by atoms with Crippen molar-refractivity contribution in [3.8, 4) is 22.5 Å². The summed E-state index contributed by atoms with van der Waals surface area (Å²) in [5.74, 6) is 1.39. The molecule has 0 bridgehead atoms. The molecule has 41 heavy (non-hydrogen) atoms. The molecule has 4 aromatic rings. The highest BCUT2D eigenvalue weighted by Gasteiger charge is 2.10. The van der Waals surface area contributed by atoms with E-state index in [4.69, 9.17) is 10.7 Å². The third-order valence-electron chi connectivity index (χ3n) is 6.84. The third kappa shape index (κ3) is 11.2. The first-order chi connectivity index (χ1) is 19.3. The first-order valence-corrected chi connectivity index (χ1v) is 15.6. The highest BCUT2D eigenvalue weighted by molar-refractivity contribution is 9.10. The van der Waals surface area contributed by atoms with Gasteiger partial charge >= 0.3 is 0 Å². The van der Waals surface area contributed by atoms with Gasteiger partial charge in [0, 0.05) is 16.8 Å². The molecule has 2 aromatic heterocycles. The molecule has 0 spiro atoms. The van der Waals surface area contributed by atoms with Crippen LogP contribution in [0.3, 0.4) is 0 Å². The van der Waals surface area contributed by atoms with Crippen molar-refractivity contribution in [3.05, 3.63) is 104 Å². The lowest BCUT2D eigenvalue weighted by atomic mass is 9.96. The summed E-state index contributed by atoms with van der Waals surface area (Å²) in [6, 6.07) is 21.3. The maximum absolute atomic E-state index is 5.17. The van der Waals surface area contributed by atoms with Crippen LogP contribution in [0.5, 0.6) is 0 Å². The zero-order valence-electron chi connectivity index (χ0n) is 26.9. The van der Waals surface area contributed by atoms with Crippen LogP contribution in [0.4, 0.5) is 0 Å². The van der Waals surface area contributed by atoms with Gasteiger partial charge in [-0.3, -0.25) is 4.98 Å². The quantitative estimate of drug-likeness (QED) is 0.219. The number of nitrogens with two attached hydrogens (primary N) is 1. The van der Waals surface area contributed by atoms with Gasteiger partial charge in [-0.25, -0.2) is 4.98 Å². The zero-order chi connectivity index (χ0) is 30.7. The lowest BCUT2D eigenvalue weighted by Crippen LogP contribution is -2.05. The fourth-order valence-corrected chi connectivity index (χ4v) is 5.25. The molecule has 0 unspecified atom stereocenters. The van der Waals surface area contributed by atoms with Gasteiger partial charge in [-0.15, -0.1) is 0 Å². The van der Waals surface area contributed by atoms with Crippen LogP contribution in [0.1, 0.15) is 73.2 Å². The van der Waals surface area contributed by atoms with Gasteiger partial charge in [-0.1, -0.05) is 75.2 Å². The Labute approximate surface area is 258 Å². The maximum atomic E-state index is 5.17. The first-order valence-electron chi connectivity index (χ1n) is 14.8. The standard InChI is InChI=1S/C19H25N.C14H14BrN.C4H11N/c1-13(2)9-10-17-7-6-8-18(20-17)19-15(4)11-14(3)12-16(19)5;1-9-7-10(2)14(11(3)8-9)12-5-4-6-13(15)16-12;1-4(2)3-5/h6-8,11-13H,9-10H2,1-5H3;4-8H,1-3H3;4H,3,5H2,1-2H3. The second-order valence-electron chi connectivity index (χ2n) is 12.0. The monoisotopic (exact) mass is 615 g/mol. The van der Waals surface area contributed by atoms with E-state index in [0.29, 0.717) is 5.92 Å². The number of halogens is 1. The van der Waals surface area contributed by atoms with Gasteiger partial charge in [0.1, 0.15) is 4.60 Å². The van der Waals surface area contributed by atoms with Gasteiger partial charge in [0.2, 0.25) is 0 Å². The van der Waals surface area contributed by atoms with Crippen molar-refractivity contribution in [1.29, 1.82) is 0 Å². The Morgan fingerprint density at radius 1 is 0.634 bits per heavy atom. The van der Waals surface area contributed by atoms with Crippen molar-refractivity contribution in [2.75, 3.05) is 6.54 Å². The minimum absolute atomic E-state index is 0.662. The predicted molar refractivity (Wildman–Crippen MR) is 183 cm³/mol. The number of hydrogen-bond donors (Lipinski definition) is 1. The fraction of sp³-hybridized carbons (Fsp3) is 0.405. The number of aryl methyl sites for hydroxylation is 7. The minimum atomic E-state index is 0.662. The Morgan fingerprint density at radius 2 is 1.05 bits per heavy atom. The summed E-state index contributed by atoms with van der Waals surface area (Å²) >= 11 is 3.41. The molecular formula is C37H50BrN3. The van der Waals surface area contributed by atoms with Crippen LogP contribution in [0.2, 0.25) is 0 Å². The third-order valence-corrected chi connectivity index (χ3v) is 7.28. The van der Waals surface area contributed by atoms with Gasteiger partial charge in [0.05, 0.1) is 11.4 Å². The molecule has 0 aliphatic carbocycles. The number of pyridine rings is 2. The Kier molecular flexibility index (Phi) is 13.9. The molecule has 4 heteroatoms. The highest BCUT2D eigenvalue weighted by atomic mass is 79.9. The number of nitrogens with zero attached hydrogens (tertiary/aromatic N) is 2. The van der Waals surface area contributed by atoms with Crippen LogP contribution in [0, 0.1) is 53.4 Å². The molecule has 0 fully saturated rings. The lowest BCUT2D eigenvalue weighted by Gasteiger charge is -2.12. The molecule has 0 radical (unpaired) electrons. The van der Waals surface area contributed by atoms with Crippen LogP contribution < -0.4 is 5.73 Å². The van der Waals surface area contributed by atoms with Gasteiger partial charge in [-0.2, -0.15) is 0 Å². The van der Waals surface area contributed by atoms with E-state index in [1.165, 1.54) is 56.6 Å². The molecule has 0 atom stereocenters. The van der Waals surface area contributed by atoms with Crippen LogP contribution in [0.15, 0.2) is 65.3 Å². The Balaban J connectivity index is 0.000000251. The number of benzene rings is 2. The lowest BCUT2D eigenvalue weighted by molar-refractivity contribution is 0.581. The van der Waals surface area contributed by atoms with Crippen LogP contribution in [-0.2, 0) is 6.42 Å². The van der Waals surface area contributed by atoms with Crippen molar-refractivity contribution in [2.45, 2.75) is 82.1 Å². The van der Waals surface area contributed by atoms with Crippen LogP contribution in [-0.4, -0.2) is 16.5 Å². The summed E-state index contributed by atoms with van der Waals surface area (Å²) in [5.41, 5.74) is 18.9. The molecule has 2 aromatic carbocycles. The molecule has 0 saturated heterocycles. The molecule has 0 aliphatic heterocycles. The van der Waals surface area contributed by atoms with Crippen molar-refractivity contribution >= 4 is 15.9 Å². The zero-order valence-corrected chi connectivity index (χ0v) is 28.5. The van der Waals surface area contributed by atoms with Crippen LogP contribution >= 0.6 is 15.9 Å². The smallest absolute Gasteiger partial charge is 0.106 e. The topological polar surface area (TPSA) is 51.8 Å². The molecule has 4 rings (SSSR count). The maximum Gasteiger partial charge on any atom is 0.106 e. The van der Waals surface area contributed by atoms with Crippen molar-refractivity contribution in [2.24, 2.45) is 17.6 Å². The number of aromatic nitrogens is 2. The highest BCUT2D eigenvalue weighted by Crippen LogP contribution is 2.28. The summed E-state index contributed by atoms with van der Waals surface area (Å²) in [6.07, 6.45) is 2.26. The summed E-state index contributed by atoms with van der Waals surface area (Å²) in [4.78, 5) is 9.38. The Hall–Kier alpha value is -2.82. The molecule has 2 N–H and O–H groups in total. The van der Waals surface area contributed by atoms with Gasteiger partial charge < -0.3 is 5.73 Å².